The average Bonchev–Trinajstić information content (AvgIpc) is 2.71. The van der Waals surface area contributed by atoms with Crippen LogP contribution in [0.25, 0.3) is 0 Å². The molecule has 0 spiro atoms. The van der Waals surface area contributed by atoms with Crippen LogP contribution in [0.3, 0.4) is 0 Å². The van der Waals surface area contributed by atoms with Gasteiger partial charge in [-0.25, -0.2) is 0 Å². The first-order valence-corrected chi connectivity index (χ1v) is 4.07. The standard InChI is InChI=1S/C8H13N3O/c1-5-3-9-4-7(5)8-10-6(2)11-12-8/h5,7,9H,3-4H2,1-2H3/t5-,7-/m1/s1/i2D2. The second kappa shape index (κ2) is 2.86. The molecule has 0 amide bonds. The molecule has 1 saturated heterocycles. The van der Waals surface area contributed by atoms with Gasteiger partial charge in [-0.05, 0) is 19.3 Å². The molecular weight excluding hydrogens is 154 g/mol. The normalized spacial score (nSPS) is 32.2. The topological polar surface area (TPSA) is 51.0 Å². The summed E-state index contributed by atoms with van der Waals surface area (Å²) in [7, 11) is 0. The first-order valence-electron chi connectivity index (χ1n) is 5.22. The van der Waals surface area contributed by atoms with Gasteiger partial charge in [0.25, 0.3) is 0 Å². The van der Waals surface area contributed by atoms with E-state index < -0.39 is 6.88 Å². The van der Waals surface area contributed by atoms with Crippen molar-refractivity contribution in [3.8, 4) is 0 Å². The first-order chi connectivity index (χ1) is 6.68. The zero-order chi connectivity index (χ0) is 10.1. The van der Waals surface area contributed by atoms with Crippen LogP contribution in [0.15, 0.2) is 4.52 Å². The van der Waals surface area contributed by atoms with Gasteiger partial charge in [-0.1, -0.05) is 12.1 Å². The summed E-state index contributed by atoms with van der Waals surface area (Å²) in [4.78, 5) is 4.05. The van der Waals surface area contributed by atoms with E-state index in [1.807, 2.05) is 0 Å². The van der Waals surface area contributed by atoms with Crippen LogP contribution in [-0.2, 0) is 0 Å². The van der Waals surface area contributed by atoms with Crippen molar-refractivity contribution in [1.29, 1.82) is 0 Å². The number of aromatic nitrogens is 2. The fraction of sp³-hybridized carbons (Fsp3) is 0.750. The fourth-order valence-electron chi connectivity index (χ4n) is 1.54. The molecule has 2 rings (SSSR count). The molecule has 1 aromatic rings. The van der Waals surface area contributed by atoms with Crippen LogP contribution in [0, 0.1) is 12.8 Å². The highest BCUT2D eigenvalue weighted by Gasteiger charge is 2.28. The number of nitrogens with one attached hydrogen (secondary N) is 1. The molecule has 12 heavy (non-hydrogen) atoms. The van der Waals surface area contributed by atoms with Crippen molar-refractivity contribution in [2.75, 3.05) is 13.1 Å². The van der Waals surface area contributed by atoms with Gasteiger partial charge in [-0.15, -0.1) is 0 Å². The van der Waals surface area contributed by atoms with Gasteiger partial charge in [0, 0.05) is 9.29 Å². The summed E-state index contributed by atoms with van der Waals surface area (Å²) in [5, 5.41) is 6.84. The molecule has 1 N–H and O–H groups in total. The predicted molar refractivity (Wildman–Crippen MR) is 43.8 cm³/mol. The van der Waals surface area contributed by atoms with E-state index in [4.69, 9.17) is 7.26 Å². The van der Waals surface area contributed by atoms with E-state index in [0.717, 1.165) is 13.1 Å². The van der Waals surface area contributed by atoms with E-state index >= 15 is 0 Å². The minimum Gasteiger partial charge on any atom is -0.339 e. The summed E-state index contributed by atoms with van der Waals surface area (Å²) in [6.07, 6.45) is 0. The monoisotopic (exact) mass is 169 g/mol. The number of hydrogen-bond acceptors (Lipinski definition) is 4. The van der Waals surface area contributed by atoms with E-state index in [0.29, 0.717) is 11.8 Å². The van der Waals surface area contributed by atoms with E-state index in [-0.39, 0.29) is 11.7 Å². The van der Waals surface area contributed by atoms with E-state index in [1.54, 1.807) is 0 Å². The van der Waals surface area contributed by atoms with Gasteiger partial charge in [-0.3, -0.25) is 0 Å². The third-order valence-corrected chi connectivity index (χ3v) is 2.29. The molecule has 2 heterocycles. The van der Waals surface area contributed by atoms with Crippen LogP contribution in [0.5, 0.6) is 0 Å². The lowest BCUT2D eigenvalue weighted by Gasteiger charge is -2.06. The Balaban J connectivity index is 2.16. The number of nitrogens with zero attached hydrogens (tertiary/aromatic N) is 2. The van der Waals surface area contributed by atoms with Gasteiger partial charge in [0.2, 0.25) is 5.89 Å². The Bertz CT molecular complexity index is 315. The van der Waals surface area contributed by atoms with Crippen molar-refractivity contribution < 1.29 is 7.26 Å². The molecule has 0 unspecified atom stereocenters. The molecule has 4 heteroatoms. The van der Waals surface area contributed by atoms with Crippen molar-refractivity contribution in [2.45, 2.75) is 19.7 Å². The first kappa shape index (κ1) is 5.70. The van der Waals surface area contributed by atoms with Gasteiger partial charge in [0.15, 0.2) is 5.82 Å². The van der Waals surface area contributed by atoms with E-state index in [2.05, 4.69) is 22.4 Å². The second-order valence-corrected chi connectivity index (χ2v) is 3.23. The Labute approximate surface area is 74.2 Å². The summed E-state index contributed by atoms with van der Waals surface area (Å²) < 4.78 is 19.3. The van der Waals surface area contributed by atoms with Crippen LogP contribution >= 0.6 is 0 Å². The third-order valence-electron chi connectivity index (χ3n) is 2.29. The fourth-order valence-corrected chi connectivity index (χ4v) is 1.54. The quantitative estimate of drug-likeness (QED) is 0.672. The van der Waals surface area contributed by atoms with Crippen LogP contribution in [0.4, 0.5) is 0 Å². The maximum Gasteiger partial charge on any atom is 0.231 e. The van der Waals surface area contributed by atoms with Crippen molar-refractivity contribution in [3.05, 3.63) is 11.7 Å². The zero-order valence-electron chi connectivity index (χ0n) is 8.95. The molecule has 1 fully saturated rings. The van der Waals surface area contributed by atoms with Gasteiger partial charge >= 0.3 is 0 Å². The highest BCUT2D eigenvalue weighted by Crippen LogP contribution is 2.25. The van der Waals surface area contributed by atoms with E-state index in [9.17, 15) is 0 Å². The van der Waals surface area contributed by atoms with E-state index in [1.165, 1.54) is 0 Å². The molecule has 66 valence electrons. The van der Waals surface area contributed by atoms with Crippen molar-refractivity contribution >= 4 is 0 Å². The molecule has 4 nitrogen and oxygen atoms in total. The van der Waals surface area contributed by atoms with Gasteiger partial charge in [0.05, 0.1) is 5.92 Å². The maximum absolute atomic E-state index is 7.12. The van der Waals surface area contributed by atoms with Gasteiger partial charge in [-0.2, -0.15) is 4.98 Å². The highest BCUT2D eigenvalue weighted by molar-refractivity contribution is 4.99. The number of aryl methyl sites for hydroxylation is 1. The van der Waals surface area contributed by atoms with Crippen molar-refractivity contribution in [1.82, 2.24) is 15.5 Å². The lowest BCUT2D eigenvalue weighted by molar-refractivity contribution is 0.337. The summed E-state index contributed by atoms with van der Waals surface area (Å²) in [6.45, 7) is 2.75. The molecule has 0 aliphatic carbocycles. The molecular formula is C8H13N3O. The Morgan fingerprint density at radius 2 is 2.58 bits per heavy atom. The Hall–Kier alpha value is -0.900. The molecule has 1 aromatic heterocycles. The average molecular weight is 169 g/mol. The molecule has 1 aliphatic heterocycles. The molecule has 0 saturated carbocycles. The molecule has 1 aliphatic rings. The Morgan fingerprint density at radius 1 is 1.67 bits per heavy atom. The number of rotatable bonds is 1. The van der Waals surface area contributed by atoms with Crippen LogP contribution in [-0.4, -0.2) is 23.2 Å². The molecule has 2 atom stereocenters. The maximum atomic E-state index is 7.12. The lowest BCUT2D eigenvalue weighted by Crippen LogP contribution is -2.08. The van der Waals surface area contributed by atoms with Crippen LogP contribution in [0.1, 0.15) is 27.3 Å². The van der Waals surface area contributed by atoms with Crippen LogP contribution in [0.2, 0.25) is 0 Å². The minimum atomic E-state index is -1.16. The van der Waals surface area contributed by atoms with Crippen LogP contribution < -0.4 is 5.32 Å². The Kier molecular flexibility index (Phi) is 1.36. The summed E-state index contributed by atoms with van der Waals surface area (Å²) in [5.41, 5.74) is 0. The zero-order valence-corrected chi connectivity index (χ0v) is 6.95. The summed E-state index contributed by atoms with van der Waals surface area (Å²) in [6, 6.07) is 0. The largest absolute Gasteiger partial charge is 0.339 e. The third kappa shape index (κ3) is 1.22. The van der Waals surface area contributed by atoms with Crippen molar-refractivity contribution in [2.24, 2.45) is 5.92 Å². The Morgan fingerprint density at radius 3 is 3.17 bits per heavy atom. The van der Waals surface area contributed by atoms with Gasteiger partial charge in [0.1, 0.15) is 0 Å². The SMILES string of the molecule is [2H]C([2H])c1noc([C@@H]2CNC[C@H]2C)n1. The molecule has 0 bridgehead atoms. The summed E-state index contributed by atoms with van der Waals surface area (Å²) in [5.74, 6) is 1.41. The smallest absolute Gasteiger partial charge is 0.231 e. The van der Waals surface area contributed by atoms with Gasteiger partial charge < -0.3 is 9.84 Å². The predicted octanol–water partition coefficient (Wildman–Crippen LogP) is 0.701. The molecule has 0 aromatic carbocycles. The molecule has 0 radical (unpaired) electrons. The lowest BCUT2D eigenvalue weighted by atomic mass is 9.98. The minimum absolute atomic E-state index is 0.152. The highest BCUT2D eigenvalue weighted by atomic mass is 16.5. The second-order valence-electron chi connectivity index (χ2n) is 3.23. The number of hydrogen-bond donors (Lipinski definition) is 1. The van der Waals surface area contributed by atoms with Crippen molar-refractivity contribution in [3.63, 3.8) is 0 Å². The summed E-state index contributed by atoms with van der Waals surface area (Å²) >= 11 is 0.